The molecule has 0 N–H and O–H groups in total. The first-order chi connectivity index (χ1) is 22.1. The van der Waals surface area contributed by atoms with Crippen LogP contribution in [0.3, 0.4) is 0 Å². The van der Waals surface area contributed by atoms with Gasteiger partial charge in [0.05, 0.1) is 11.0 Å². The monoisotopic (exact) mass is 579 g/mol. The van der Waals surface area contributed by atoms with Crippen LogP contribution in [0.25, 0.3) is 60.9 Å². The zero-order chi connectivity index (χ0) is 30.1. The highest BCUT2D eigenvalue weighted by atomic mass is 15.0. The zero-order valence-electron chi connectivity index (χ0n) is 26.0. The van der Waals surface area contributed by atoms with Gasteiger partial charge in [0.1, 0.15) is 0 Å². The number of nitrogens with zero attached hydrogens (tertiary/aromatic N) is 1. The molecule has 1 nitrogen and oxygen atoms in total. The molecule has 2 unspecified atom stereocenters. The summed E-state index contributed by atoms with van der Waals surface area (Å²) < 4.78 is 2.44. The van der Waals surface area contributed by atoms with Gasteiger partial charge < -0.3 is 4.57 Å². The van der Waals surface area contributed by atoms with E-state index in [-0.39, 0.29) is 5.41 Å². The molecule has 0 saturated heterocycles. The van der Waals surface area contributed by atoms with E-state index in [9.17, 15) is 0 Å². The Morgan fingerprint density at radius 1 is 0.489 bits per heavy atom. The fourth-order valence-electron chi connectivity index (χ4n) is 9.13. The lowest BCUT2D eigenvalue weighted by Crippen LogP contribution is -2.42. The topological polar surface area (TPSA) is 4.93 Å². The van der Waals surface area contributed by atoms with Gasteiger partial charge in [-0.2, -0.15) is 0 Å². The third-order valence-electron chi connectivity index (χ3n) is 11.2. The second kappa shape index (κ2) is 10.1. The lowest BCUT2D eigenvalue weighted by atomic mass is 9.56. The first-order valence-electron chi connectivity index (χ1n) is 16.6. The van der Waals surface area contributed by atoms with Crippen LogP contribution in [-0.2, 0) is 5.41 Å². The molecule has 1 fully saturated rings. The van der Waals surface area contributed by atoms with Gasteiger partial charge in [-0.15, -0.1) is 0 Å². The lowest BCUT2D eigenvalue weighted by molar-refractivity contribution is 0.172. The third kappa shape index (κ3) is 3.80. The van der Waals surface area contributed by atoms with Crippen molar-refractivity contribution in [2.75, 3.05) is 0 Å². The zero-order valence-corrected chi connectivity index (χ0v) is 26.0. The van der Waals surface area contributed by atoms with Crippen LogP contribution in [-0.4, -0.2) is 4.57 Å². The van der Waals surface area contributed by atoms with Crippen LogP contribution in [0.2, 0.25) is 0 Å². The summed E-state index contributed by atoms with van der Waals surface area (Å²) in [6.07, 6.45) is 3.93. The minimum absolute atomic E-state index is 0.116. The van der Waals surface area contributed by atoms with E-state index >= 15 is 0 Å². The van der Waals surface area contributed by atoms with E-state index in [4.69, 9.17) is 0 Å². The number of hydrogen-bond donors (Lipinski definition) is 0. The standard InChI is InChI=1S/C44H37N/c1-29-11-10-12-30(2)44(29)40-17-8-6-15-36(40)39-27-33(22-26-41(39)44)34-21-25-38-37-16-7-9-18-42(37)45(43(38)28-34)35-23-19-32(20-24-35)31-13-4-3-5-14-31/h3-9,13-30H,10-12H2,1-2H3. The summed E-state index contributed by atoms with van der Waals surface area (Å²) >= 11 is 0. The fourth-order valence-corrected chi connectivity index (χ4v) is 9.13. The molecule has 1 spiro atoms. The molecule has 0 aliphatic heterocycles. The lowest BCUT2D eigenvalue weighted by Gasteiger charge is -2.47. The van der Waals surface area contributed by atoms with Crippen molar-refractivity contribution in [2.24, 2.45) is 11.8 Å². The highest BCUT2D eigenvalue weighted by Gasteiger charge is 2.51. The number of aromatic nitrogens is 1. The Morgan fingerprint density at radius 2 is 1.09 bits per heavy atom. The first-order valence-corrected chi connectivity index (χ1v) is 16.6. The Hall–Kier alpha value is -4.88. The highest BCUT2D eigenvalue weighted by Crippen LogP contribution is 2.60. The van der Waals surface area contributed by atoms with Crippen LogP contribution in [0.5, 0.6) is 0 Å². The van der Waals surface area contributed by atoms with Crippen LogP contribution < -0.4 is 0 Å². The Balaban J connectivity index is 1.21. The molecular weight excluding hydrogens is 542 g/mol. The normalized spacial score (nSPS) is 20.5. The van der Waals surface area contributed by atoms with Gasteiger partial charge in [-0.1, -0.05) is 129 Å². The molecule has 6 aromatic carbocycles. The van der Waals surface area contributed by atoms with E-state index in [2.05, 4.69) is 158 Å². The van der Waals surface area contributed by atoms with Gasteiger partial charge in [-0.05, 0) is 99.5 Å². The smallest absolute Gasteiger partial charge is 0.0547 e. The molecule has 7 aromatic rings. The van der Waals surface area contributed by atoms with Gasteiger partial charge in [0.25, 0.3) is 0 Å². The quantitative estimate of drug-likeness (QED) is 0.196. The molecule has 0 amide bonds. The summed E-state index contributed by atoms with van der Waals surface area (Å²) in [6, 6.07) is 52.1. The third-order valence-corrected chi connectivity index (χ3v) is 11.2. The van der Waals surface area contributed by atoms with Gasteiger partial charge in [0.2, 0.25) is 0 Å². The van der Waals surface area contributed by atoms with Crippen LogP contribution in [0.1, 0.15) is 44.2 Å². The number of hydrogen-bond acceptors (Lipinski definition) is 0. The number of fused-ring (bicyclic) bond motifs is 8. The molecule has 1 aromatic heterocycles. The summed E-state index contributed by atoms with van der Waals surface area (Å²) in [4.78, 5) is 0. The van der Waals surface area contributed by atoms with Crippen molar-refractivity contribution in [3.8, 4) is 39.1 Å². The predicted octanol–water partition coefficient (Wildman–Crippen LogP) is 11.8. The van der Waals surface area contributed by atoms with E-state index in [0.29, 0.717) is 11.8 Å². The number of para-hydroxylation sites is 1. The van der Waals surface area contributed by atoms with Gasteiger partial charge in [0, 0.05) is 21.9 Å². The van der Waals surface area contributed by atoms with Crippen molar-refractivity contribution in [2.45, 2.75) is 38.5 Å². The molecule has 45 heavy (non-hydrogen) atoms. The molecule has 1 saturated carbocycles. The molecule has 0 radical (unpaired) electrons. The Bertz CT molecular complexity index is 2210. The Morgan fingerprint density at radius 3 is 1.91 bits per heavy atom. The average Bonchev–Trinajstić information content (AvgIpc) is 3.58. The fraction of sp³-hybridized carbons (Fsp3) is 0.182. The Kier molecular flexibility index (Phi) is 5.94. The van der Waals surface area contributed by atoms with Crippen molar-refractivity contribution >= 4 is 21.8 Å². The van der Waals surface area contributed by atoms with Crippen LogP contribution in [0.4, 0.5) is 0 Å². The molecular formula is C44H37N. The second-order valence-electron chi connectivity index (χ2n) is 13.4. The summed E-state index contributed by atoms with van der Waals surface area (Å²) in [5, 5.41) is 2.58. The molecule has 2 aliphatic rings. The van der Waals surface area contributed by atoms with Crippen LogP contribution >= 0.6 is 0 Å². The van der Waals surface area contributed by atoms with Crippen molar-refractivity contribution in [3.63, 3.8) is 0 Å². The van der Waals surface area contributed by atoms with Gasteiger partial charge in [-0.25, -0.2) is 0 Å². The van der Waals surface area contributed by atoms with E-state index in [1.807, 2.05) is 0 Å². The molecule has 218 valence electrons. The van der Waals surface area contributed by atoms with Crippen LogP contribution in [0.15, 0.2) is 140 Å². The number of rotatable bonds is 3. The maximum absolute atomic E-state index is 2.49. The van der Waals surface area contributed by atoms with Gasteiger partial charge in [0.15, 0.2) is 0 Å². The van der Waals surface area contributed by atoms with E-state index in [0.717, 1.165) is 0 Å². The summed E-state index contributed by atoms with van der Waals surface area (Å²) in [6.45, 7) is 4.99. The summed E-state index contributed by atoms with van der Waals surface area (Å²) in [7, 11) is 0. The predicted molar refractivity (Wildman–Crippen MR) is 190 cm³/mol. The summed E-state index contributed by atoms with van der Waals surface area (Å²) in [5.74, 6) is 1.27. The Labute approximate surface area is 265 Å². The molecule has 1 heteroatoms. The van der Waals surface area contributed by atoms with E-state index < -0.39 is 0 Å². The van der Waals surface area contributed by atoms with Crippen LogP contribution in [0, 0.1) is 11.8 Å². The maximum Gasteiger partial charge on any atom is 0.0547 e. The largest absolute Gasteiger partial charge is 0.309 e. The molecule has 9 rings (SSSR count). The SMILES string of the molecule is CC1CCCC(C)C12c1ccccc1-c1cc(-c3ccc4c5ccccc5n(-c5ccc(-c6ccccc6)cc5)c4c3)ccc12. The molecule has 0 bridgehead atoms. The maximum atomic E-state index is 2.49. The van der Waals surface area contributed by atoms with Gasteiger partial charge >= 0.3 is 0 Å². The van der Waals surface area contributed by atoms with Crippen molar-refractivity contribution in [1.29, 1.82) is 0 Å². The molecule has 2 atom stereocenters. The average molecular weight is 580 g/mol. The second-order valence-corrected chi connectivity index (χ2v) is 13.4. The molecule has 2 aliphatic carbocycles. The molecule has 1 heterocycles. The van der Waals surface area contributed by atoms with Crippen molar-refractivity contribution in [1.82, 2.24) is 4.57 Å². The highest BCUT2D eigenvalue weighted by molar-refractivity contribution is 6.10. The summed E-state index contributed by atoms with van der Waals surface area (Å²) in [5.41, 5.74) is 14.8. The van der Waals surface area contributed by atoms with Gasteiger partial charge in [-0.3, -0.25) is 0 Å². The van der Waals surface area contributed by atoms with Crippen molar-refractivity contribution < 1.29 is 0 Å². The van der Waals surface area contributed by atoms with Crippen molar-refractivity contribution in [3.05, 3.63) is 151 Å². The first kappa shape index (κ1) is 26.5. The van der Waals surface area contributed by atoms with E-state index in [1.54, 1.807) is 11.1 Å². The minimum atomic E-state index is 0.116. The number of benzene rings is 6. The van der Waals surface area contributed by atoms with E-state index in [1.165, 1.54) is 80.1 Å². The minimum Gasteiger partial charge on any atom is -0.309 e.